The number of rotatable bonds is 15. The summed E-state index contributed by atoms with van der Waals surface area (Å²) in [5, 5.41) is 9.52. The molecule has 1 N–H and O–H groups in total. The van der Waals surface area contributed by atoms with Gasteiger partial charge in [0.25, 0.3) is 0 Å². The maximum Gasteiger partial charge on any atom is 0.0540 e. The van der Waals surface area contributed by atoms with Crippen LogP contribution in [0.1, 0.15) is 129 Å². The molecule has 0 atom stereocenters. The second-order valence-corrected chi connectivity index (χ2v) is 8.06. The molecule has 1 heteroatoms. The van der Waals surface area contributed by atoms with Crippen LogP contribution in [-0.2, 0) is 0 Å². The summed E-state index contributed by atoms with van der Waals surface area (Å²) < 4.78 is 0. The fraction of sp³-hybridized carbons (Fsp3) is 1.00. The van der Waals surface area contributed by atoms with Crippen LogP contribution in [0.2, 0.25) is 0 Å². The Morgan fingerprint density at radius 2 is 0.957 bits per heavy atom. The van der Waals surface area contributed by atoms with E-state index in [2.05, 4.69) is 6.92 Å². The van der Waals surface area contributed by atoms with E-state index in [4.69, 9.17) is 0 Å². The van der Waals surface area contributed by atoms with Crippen molar-refractivity contribution >= 4 is 0 Å². The van der Waals surface area contributed by atoms with Gasteiger partial charge < -0.3 is 5.11 Å². The highest BCUT2D eigenvalue weighted by Gasteiger charge is 2.18. The third-order valence-electron chi connectivity index (χ3n) is 5.78. The highest BCUT2D eigenvalue weighted by Crippen LogP contribution is 2.28. The number of aliphatic hydroxyl groups is 1. The predicted molar refractivity (Wildman–Crippen MR) is 103 cm³/mol. The van der Waals surface area contributed by atoms with Crippen LogP contribution in [0, 0.1) is 5.92 Å². The SMILES string of the molecule is CCCCCCCCCCCCCCCCC1CCC(O)CC1. The minimum Gasteiger partial charge on any atom is -0.393 e. The number of unbranched alkanes of at least 4 members (excludes halogenated alkanes) is 13. The van der Waals surface area contributed by atoms with E-state index in [-0.39, 0.29) is 6.10 Å². The molecule has 0 aromatic carbocycles. The minimum atomic E-state index is 0.0163. The predicted octanol–water partition coefficient (Wildman–Crippen LogP) is 7.41. The molecule has 1 aliphatic carbocycles. The lowest BCUT2D eigenvalue weighted by Gasteiger charge is -2.25. The maximum absolute atomic E-state index is 9.52. The van der Waals surface area contributed by atoms with Gasteiger partial charge in [0.2, 0.25) is 0 Å². The van der Waals surface area contributed by atoms with Gasteiger partial charge in [-0.15, -0.1) is 0 Å². The Labute approximate surface area is 146 Å². The summed E-state index contributed by atoms with van der Waals surface area (Å²) >= 11 is 0. The molecule has 1 fully saturated rings. The third-order valence-corrected chi connectivity index (χ3v) is 5.78. The molecule has 0 radical (unpaired) electrons. The van der Waals surface area contributed by atoms with Crippen LogP contribution in [0.25, 0.3) is 0 Å². The van der Waals surface area contributed by atoms with Gasteiger partial charge in [-0.05, 0) is 31.6 Å². The van der Waals surface area contributed by atoms with E-state index in [1.54, 1.807) is 0 Å². The van der Waals surface area contributed by atoms with Crippen molar-refractivity contribution in [3.05, 3.63) is 0 Å². The molecule has 138 valence electrons. The topological polar surface area (TPSA) is 20.2 Å². The van der Waals surface area contributed by atoms with Crippen LogP contribution in [0.5, 0.6) is 0 Å². The van der Waals surface area contributed by atoms with Gasteiger partial charge in [-0.1, -0.05) is 103 Å². The van der Waals surface area contributed by atoms with Crippen LogP contribution < -0.4 is 0 Å². The number of hydrogen-bond acceptors (Lipinski definition) is 1. The van der Waals surface area contributed by atoms with E-state index in [0.717, 1.165) is 18.8 Å². The second kappa shape index (κ2) is 15.5. The molecule has 0 aliphatic heterocycles. The Morgan fingerprint density at radius 1 is 0.565 bits per heavy atom. The quantitative estimate of drug-likeness (QED) is 0.311. The molecule has 0 heterocycles. The molecule has 0 unspecified atom stereocenters. The first-order chi connectivity index (χ1) is 11.3. The Hall–Kier alpha value is -0.0400. The molecule has 23 heavy (non-hydrogen) atoms. The Balaban J connectivity index is 1.70. The fourth-order valence-electron chi connectivity index (χ4n) is 4.06. The zero-order valence-electron chi connectivity index (χ0n) is 16.0. The lowest BCUT2D eigenvalue weighted by molar-refractivity contribution is 0.106. The third kappa shape index (κ3) is 13.0. The van der Waals surface area contributed by atoms with Gasteiger partial charge in [0.15, 0.2) is 0 Å². The summed E-state index contributed by atoms with van der Waals surface area (Å²) in [5.74, 6) is 0.927. The molecule has 0 aromatic rings. The zero-order chi connectivity index (χ0) is 16.6. The van der Waals surface area contributed by atoms with Gasteiger partial charge in [-0.2, -0.15) is 0 Å². The molecule has 1 rings (SSSR count). The van der Waals surface area contributed by atoms with Crippen molar-refractivity contribution in [1.82, 2.24) is 0 Å². The highest BCUT2D eigenvalue weighted by molar-refractivity contribution is 4.71. The van der Waals surface area contributed by atoms with E-state index in [9.17, 15) is 5.11 Å². The molecule has 0 amide bonds. The average Bonchev–Trinajstić information content (AvgIpc) is 2.57. The van der Waals surface area contributed by atoms with Gasteiger partial charge in [-0.3, -0.25) is 0 Å². The fourth-order valence-corrected chi connectivity index (χ4v) is 4.06. The normalized spacial score (nSPS) is 21.7. The summed E-state index contributed by atoms with van der Waals surface area (Å²) in [7, 11) is 0. The van der Waals surface area contributed by atoms with E-state index >= 15 is 0 Å². The monoisotopic (exact) mass is 324 g/mol. The zero-order valence-corrected chi connectivity index (χ0v) is 16.0. The highest BCUT2D eigenvalue weighted by atomic mass is 16.3. The molecule has 0 aromatic heterocycles. The first kappa shape index (κ1) is 21.0. The van der Waals surface area contributed by atoms with Crippen LogP contribution in [0.15, 0.2) is 0 Å². The number of hydrogen-bond donors (Lipinski definition) is 1. The standard InChI is InChI=1S/C22H44O/c1-2-3-4-5-6-7-8-9-10-11-12-13-14-15-16-21-17-19-22(23)20-18-21/h21-23H,2-20H2,1H3. The maximum atomic E-state index is 9.52. The first-order valence-electron chi connectivity index (χ1n) is 11.0. The molecular formula is C22H44O. The summed E-state index contributed by atoms with van der Waals surface area (Å²) in [6.07, 6.45) is 26.4. The largest absolute Gasteiger partial charge is 0.393 e. The Kier molecular flexibility index (Phi) is 14.1. The Morgan fingerprint density at radius 3 is 1.39 bits per heavy atom. The van der Waals surface area contributed by atoms with Crippen molar-refractivity contribution < 1.29 is 5.11 Å². The van der Waals surface area contributed by atoms with Crippen LogP contribution >= 0.6 is 0 Å². The smallest absolute Gasteiger partial charge is 0.0540 e. The summed E-state index contributed by atoms with van der Waals surface area (Å²) in [5.41, 5.74) is 0. The summed E-state index contributed by atoms with van der Waals surface area (Å²) in [4.78, 5) is 0. The summed E-state index contributed by atoms with van der Waals surface area (Å²) in [6.45, 7) is 2.29. The van der Waals surface area contributed by atoms with Crippen molar-refractivity contribution in [2.75, 3.05) is 0 Å². The molecule has 1 aliphatic rings. The van der Waals surface area contributed by atoms with E-state index in [0.29, 0.717) is 0 Å². The molecule has 1 nitrogen and oxygen atoms in total. The minimum absolute atomic E-state index is 0.0163. The molecular weight excluding hydrogens is 280 g/mol. The van der Waals surface area contributed by atoms with Crippen LogP contribution in [-0.4, -0.2) is 11.2 Å². The first-order valence-corrected chi connectivity index (χ1v) is 11.0. The van der Waals surface area contributed by atoms with Gasteiger partial charge >= 0.3 is 0 Å². The Bertz CT molecular complexity index is 230. The number of aliphatic hydroxyl groups excluding tert-OH is 1. The van der Waals surface area contributed by atoms with E-state index < -0.39 is 0 Å². The van der Waals surface area contributed by atoms with Crippen molar-refractivity contribution in [2.45, 2.75) is 135 Å². The average molecular weight is 325 g/mol. The van der Waals surface area contributed by atoms with Crippen molar-refractivity contribution in [1.29, 1.82) is 0 Å². The van der Waals surface area contributed by atoms with Crippen LogP contribution in [0.3, 0.4) is 0 Å². The van der Waals surface area contributed by atoms with Crippen molar-refractivity contribution in [2.24, 2.45) is 5.92 Å². The van der Waals surface area contributed by atoms with Gasteiger partial charge in [0.05, 0.1) is 6.10 Å². The second-order valence-electron chi connectivity index (χ2n) is 8.06. The van der Waals surface area contributed by atoms with Crippen molar-refractivity contribution in [3.63, 3.8) is 0 Å². The van der Waals surface area contributed by atoms with E-state index in [1.807, 2.05) is 0 Å². The van der Waals surface area contributed by atoms with Crippen LogP contribution in [0.4, 0.5) is 0 Å². The lowest BCUT2D eigenvalue weighted by Crippen LogP contribution is -2.17. The summed E-state index contributed by atoms with van der Waals surface area (Å²) in [6, 6.07) is 0. The van der Waals surface area contributed by atoms with Gasteiger partial charge in [0, 0.05) is 0 Å². The lowest BCUT2D eigenvalue weighted by atomic mass is 9.84. The van der Waals surface area contributed by atoms with Gasteiger partial charge in [-0.25, -0.2) is 0 Å². The van der Waals surface area contributed by atoms with E-state index in [1.165, 1.54) is 109 Å². The molecule has 1 saturated carbocycles. The van der Waals surface area contributed by atoms with Gasteiger partial charge in [0.1, 0.15) is 0 Å². The molecule has 0 spiro atoms. The molecule has 0 bridgehead atoms. The van der Waals surface area contributed by atoms with Crippen molar-refractivity contribution in [3.8, 4) is 0 Å². The molecule has 0 saturated heterocycles.